The average molecular weight is 579 g/mol. The van der Waals surface area contributed by atoms with Crippen LogP contribution >= 0.6 is 0 Å². The third kappa shape index (κ3) is 5.08. The number of fused-ring (bicyclic) bond motifs is 1. The molecule has 3 aromatic carbocycles. The Bertz CT molecular complexity index is 1790. The van der Waals surface area contributed by atoms with Gasteiger partial charge in [0.05, 0.1) is 13.2 Å². The number of rotatable bonds is 9. The van der Waals surface area contributed by atoms with Crippen LogP contribution < -0.4 is 10.7 Å². The Labute approximate surface area is 249 Å². The number of hydrogen-bond acceptors (Lipinski definition) is 6. The summed E-state index contributed by atoms with van der Waals surface area (Å²) in [7, 11) is 1.78. The Morgan fingerprint density at radius 1 is 1.05 bits per heavy atom. The highest BCUT2D eigenvalue weighted by molar-refractivity contribution is 6.08. The van der Waals surface area contributed by atoms with Crippen LogP contribution in [0.2, 0.25) is 0 Å². The second-order valence-electron chi connectivity index (χ2n) is 11.5. The van der Waals surface area contributed by atoms with Crippen LogP contribution in [0.25, 0.3) is 10.9 Å². The fourth-order valence-corrected chi connectivity index (χ4v) is 6.54. The molecule has 9 nitrogen and oxygen atoms in total. The summed E-state index contributed by atoms with van der Waals surface area (Å²) in [6.45, 7) is 2.39. The molecular formula is C34H34N4O5. The summed E-state index contributed by atoms with van der Waals surface area (Å²) in [5.41, 5.74) is 3.71. The quantitative estimate of drug-likeness (QED) is 0.249. The highest BCUT2D eigenvalue weighted by Gasteiger charge is 2.61. The van der Waals surface area contributed by atoms with Crippen LogP contribution in [0.15, 0.2) is 94.2 Å². The first-order valence-electron chi connectivity index (χ1n) is 14.8. The number of H-pyrrole nitrogens is 1. The van der Waals surface area contributed by atoms with Crippen molar-refractivity contribution in [3.05, 3.63) is 118 Å². The summed E-state index contributed by atoms with van der Waals surface area (Å²) >= 11 is 0. The number of amides is 1. The van der Waals surface area contributed by atoms with Gasteiger partial charge in [-0.3, -0.25) is 14.3 Å². The van der Waals surface area contributed by atoms with Crippen LogP contribution in [0.1, 0.15) is 52.6 Å². The van der Waals surface area contributed by atoms with Gasteiger partial charge in [0.25, 0.3) is 5.91 Å². The van der Waals surface area contributed by atoms with Gasteiger partial charge >= 0.3 is 5.76 Å². The molecule has 7 rings (SSSR count). The van der Waals surface area contributed by atoms with Crippen molar-refractivity contribution in [1.29, 1.82) is 0 Å². The van der Waals surface area contributed by atoms with Crippen molar-refractivity contribution in [2.24, 2.45) is 5.92 Å². The van der Waals surface area contributed by atoms with E-state index in [-0.39, 0.29) is 11.8 Å². The smallest absolute Gasteiger partial charge is 0.381 e. The summed E-state index contributed by atoms with van der Waals surface area (Å²) in [4.78, 5) is 31.0. The molecule has 1 aliphatic heterocycles. The van der Waals surface area contributed by atoms with E-state index in [9.17, 15) is 9.59 Å². The van der Waals surface area contributed by atoms with E-state index < -0.39 is 11.3 Å². The summed E-state index contributed by atoms with van der Waals surface area (Å²) in [5.74, 6) is -0.0213. The third-order valence-corrected chi connectivity index (χ3v) is 8.94. The third-order valence-electron chi connectivity index (χ3n) is 8.94. The molecule has 1 N–H and O–H groups in total. The van der Waals surface area contributed by atoms with Gasteiger partial charge < -0.3 is 18.9 Å². The van der Waals surface area contributed by atoms with Gasteiger partial charge in [-0.05, 0) is 66.6 Å². The number of carbonyl (C=O) groups excluding carboxylic acids is 1. The number of nitrogens with zero attached hydrogens (tertiary/aromatic N) is 3. The van der Waals surface area contributed by atoms with Crippen molar-refractivity contribution in [2.75, 3.05) is 31.8 Å². The Morgan fingerprint density at radius 3 is 2.51 bits per heavy atom. The van der Waals surface area contributed by atoms with Crippen molar-refractivity contribution in [1.82, 2.24) is 14.7 Å². The zero-order chi connectivity index (χ0) is 29.4. The molecule has 1 amide bonds. The maximum Gasteiger partial charge on any atom is 0.438 e. The van der Waals surface area contributed by atoms with E-state index in [1.54, 1.807) is 11.9 Å². The molecule has 3 heterocycles. The topological polar surface area (TPSA) is 103 Å². The van der Waals surface area contributed by atoms with Crippen LogP contribution in [0.3, 0.4) is 0 Å². The second-order valence-corrected chi connectivity index (χ2v) is 11.5. The van der Waals surface area contributed by atoms with E-state index >= 15 is 0 Å². The summed E-state index contributed by atoms with van der Waals surface area (Å²) < 4.78 is 18.9. The standard InChI is InChI=1S/C34H34N4O5/c1-37(28-10-6-3-7-11-28)31(39)30-19-26-18-25(24-14-16-41-17-15-24)12-13-29(26)38(30)34(32-35-33(40)43-36-32)20-27(34)22-42-21-23-8-4-2-5-9-23/h2-13,18-19,24,27H,14-17,20-22H2,1H3,(H,35,36,40)/t27-,34+/m1/s1. The monoisotopic (exact) mass is 578 g/mol. The zero-order valence-electron chi connectivity index (χ0n) is 24.1. The van der Waals surface area contributed by atoms with Crippen LogP contribution in [0.4, 0.5) is 5.69 Å². The molecule has 1 saturated heterocycles. The number of anilines is 1. The maximum absolute atomic E-state index is 14.3. The van der Waals surface area contributed by atoms with Crippen molar-refractivity contribution in [2.45, 2.75) is 37.3 Å². The van der Waals surface area contributed by atoms with E-state index in [1.165, 1.54) is 5.56 Å². The van der Waals surface area contributed by atoms with Crippen LogP contribution in [-0.4, -0.2) is 47.5 Å². The first-order chi connectivity index (χ1) is 21.0. The number of ether oxygens (including phenoxy) is 2. The van der Waals surface area contributed by atoms with Crippen molar-refractivity contribution < 1.29 is 18.8 Å². The Balaban J connectivity index is 1.32. The van der Waals surface area contributed by atoms with Gasteiger partial charge in [0.2, 0.25) is 0 Å². The molecule has 2 atom stereocenters. The van der Waals surface area contributed by atoms with Crippen LogP contribution in [0, 0.1) is 5.92 Å². The molecular weight excluding hydrogens is 544 g/mol. The predicted molar refractivity (Wildman–Crippen MR) is 162 cm³/mol. The molecule has 0 spiro atoms. The summed E-state index contributed by atoms with van der Waals surface area (Å²) in [5, 5.41) is 5.13. The zero-order valence-corrected chi connectivity index (χ0v) is 24.1. The second kappa shape index (κ2) is 11.3. The molecule has 1 aliphatic carbocycles. The molecule has 2 fully saturated rings. The number of aromatic nitrogens is 3. The van der Waals surface area contributed by atoms with Crippen molar-refractivity contribution >= 4 is 22.5 Å². The Hall–Kier alpha value is -4.47. The van der Waals surface area contributed by atoms with Gasteiger partial charge in [0.1, 0.15) is 11.2 Å². The number of carbonyl (C=O) groups is 1. The molecule has 220 valence electrons. The molecule has 0 bridgehead atoms. The minimum absolute atomic E-state index is 0.0451. The van der Waals surface area contributed by atoms with Gasteiger partial charge in [0.15, 0.2) is 5.82 Å². The lowest BCUT2D eigenvalue weighted by Gasteiger charge is -2.25. The lowest BCUT2D eigenvalue weighted by Crippen LogP contribution is -2.33. The van der Waals surface area contributed by atoms with E-state index in [4.69, 9.17) is 14.0 Å². The highest BCUT2D eigenvalue weighted by atomic mass is 16.5. The van der Waals surface area contributed by atoms with Crippen LogP contribution in [-0.2, 0) is 21.6 Å². The molecule has 0 radical (unpaired) electrons. The van der Waals surface area contributed by atoms with Gasteiger partial charge in [0, 0.05) is 42.8 Å². The minimum Gasteiger partial charge on any atom is -0.381 e. The van der Waals surface area contributed by atoms with Gasteiger partial charge in [-0.25, -0.2) is 4.79 Å². The lowest BCUT2D eigenvalue weighted by atomic mass is 9.91. The van der Waals surface area contributed by atoms with Gasteiger partial charge in [-0.1, -0.05) is 59.8 Å². The number of nitrogens with one attached hydrogen (secondary N) is 1. The van der Waals surface area contributed by atoms with E-state index in [1.807, 2.05) is 66.7 Å². The largest absolute Gasteiger partial charge is 0.438 e. The molecule has 1 saturated carbocycles. The van der Waals surface area contributed by atoms with Gasteiger partial charge in [-0.15, -0.1) is 0 Å². The van der Waals surface area contributed by atoms with E-state index in [0.717, 1.165) is 48.2 Å². The van der Waals surface area contributed by atoms with Crippen molar-refractivity contribution in [3.63, 3.8) is 0 Å². The Kier molecular flexibility index (Phi) is 7.20. The number of para-hydroxylation sites is 1. The molecule has 2 aromatic heterocycles. The fourth-order valence-electron chi connectivity index (χ4n) is 6.54. The van der Waals surface area contributed by atoms with E-state index in [2.05, 4.69) is 32.9 Å². The highest BCUT2D eigenvalue weighted by Crippen LogP contribution is 2.56. The molecule has 5 aromatic rings. The van der Waals surface area contributed by atoms with Crippen LogP contribution in [0.5, 0.6) is 0 Å². The maximum atomic E-state index is 14.3. The SMILES string of the molecule is CN(C(=O)c1cc2cc(C3CCOCC3)ccc2n1[C@@]1(c2noc(=O)[nH]2)C[C@@H]1COCc1ccccc1)c1ccccc1. The number of hydrogen-bond donors (Lipinski definition) is 1. The fraction of sp³-hybridized carbons (Fsp3) is 0.324. The lowest BCUT2D eigenvalue weighted by molar-refractivity contribution is 0.0853. The molecule has 2 aliphatic rings. The predicted octanol–water partition coefficient (Wildman–Crippen LogP) is 5.47. The van der Waals surface area contributed by atoms with Crippen molar-refractivity contribution in [3.8, 4) is 0 Å². The Morgan fingerprint density at radius 2 is 1.79 bits per heavy atom. The normalized spacial score (nSPS) is 20.3. The average Bonchev–Trinajstić information content (AvgIpc) is 3.38. The number of aromatic amines is 1. The first-order valence-corrected chi connectivity index (χ1v) is 14.8. The molecule has 9 heteroatoms. The molecule has 0 unspecified atom stereocenters. The summed E-state index contributed by atoms with van der Waals surface area (Å²) in [6.07, 6.45) is 2.57. The summed E-state index contributed by atoms with van der Waals surface area (Å²) in [6, 6.07) is 28.0. The van der Waals surface area contributed by atoms with E-state index in [0.29, 0.717) is 37.1 Å². The number of benzene rings is 3. The van der Waals surface area contributed by atoms with Gasteiger partial charge in [-0.2, -0.15) is 0 Å². The minimum atomic E-state index is -0.812. The molecule has 43 heavy (non-hydrogen) atoms. The first kappa shape index (κ1) is 27.4.